The highest BCUT2D eigenvalue weighted by molar-refractivity contribution is 5.74. The van der Waals surface area contributed by atoms with Gasteiger partial charge in [0.05, 0.1) is 12.1 Å². The van der Waals surface area contributed by atoms with Crippen LogP contribution in [-0.4, -0.2) is 53.6 Å². The third kappa shape index (κ3) is 6.13. The standard InChI is InChI=1S/C23H26F3N5O/c1-16(2)21-28-17(3)14-20(29-21)30-10-12-31(13-11-30)22(32)27-9-5-7-18-6-4-8-19(15-18)23(24,25)26/h4,6,8,14-16H,9-13H2,1-3H3,(H,27,32). The van der Waals surface area contributed by atoms with E-state index in [0.717, 1.165) is 29.5 Å². The van der Waals surface area contributed by atoms with Gasteiger partial charge in [0.2, 0.25) is 0 Å². The molecule has 2 amide bonds. The average molecular weight is 445 g/mol. The molecule has 1 aliphatic heterocycles. The molecule has 0 saturated carbocycles. The Morgan fingerprint density at radius 1 is 1.16 bits per heavy atom. The molecule has 2 aromatic rings. The maximum atomic E-state index is 12.8. The van der Waals surface area contributed by atoms with Crippen molar-refractivity contribution in [2.24, 2.45) is 0 Å². The van der Waals surface area contributed by atoms with Crippen LogP contribution in [0.3, 0.4) is 0 Å². The molecule has 0 atom stereocenters. The normalized spacial score (nSPS) is 14.2. The van der Waals surface area contributed by atoms with Crippen LogP contribution in [0.2, 0.25) is 0 Å². The highest BCUT2D eigenvalue weighted by Gasteiger charge is 2.30. The van der Waals surface area contributed by atoms with Gasteiger partial charge in [-0.05, 0) is 25.1 Å². The molecule has 0 aliphatic carbocycles. The molecular weight excluding hydrogens is 419 g/mol. The van der Waals surface area contributed by atoms with Crippen molar-refractivity contribution in [2.75, 3.05) is 37.6 Å². The number of carbonyl (C=O) groups is 1. The summed E-state index contributed by atoms with van der Waals surface area (Å²) in [6.45, 7) is 8.47. The van der Waals surface area contributed by atoms with Gasteiger partial charge in [-0.1, -0.05) is 31.8 Å². The summed E-state index contributed by atoms with van der Waals surface area (Å²) >= 11 is 0. The molecule has 3 rings (SSSR count). The van der Waals surface area contributed by atoms with E-state index in [1.54, 1.807) is 4.90 Å². The molecule has 1 aliphatic rings. The lowest BCUT2D eigenvalue weighted by Crippen LogP contribution is -2.52. The van der Waals surface area contributed by atoms with Crippen molar-refractivity contribution in [1.29, 1.82) is 0 Å². The van der Waals surface area contributed by atoms with Crippen molar-refractivity contribution in [3.8, 4) is 11.8 Å². The van der Waals surface area contributed by atoms with Crippen LogP contribution >= 0.6 is 0 Å². The Hall–Kier alpha value is -3.28. The van der Waals surface area contributed by atoms with E-state index in [1.807, 2.05) is 13.0 Å². The third-order valence-corrected chi connectivity index (χ3v) is 5.02. The molecule has 1 aromatic carbocycles. The van der Waals surface area contributed by atoms with E-state index in [-0.39, 0.29) is 24.1 Å². The van der Waals surface area contributed by atoms with E-state index in [9.17, 15) is 18.0 Å². The predicted octanol–water partition coefficient (Wildman–Crippen LogP) is 3.81. The number of halogens is 3. The van der Waals surface area contributed by atoms with Gasteiger partial charge in [0.25, 0.3) is 0 Å². The lowest BCUT2D eigenvalue weighted by molar-refractivity contribution is -0.137. The minimum Gasteiger partial charge on any atom is -0.353 e. The molecule has 32 heavy (non-hydrogen) atoms. The number of urea groups is 1. The molecule has 9 heteroatoms. The fraction of sp³-hybridized carbons (Fsp3) is 0.435. The summed E-state index contributed by atoms with van der Waals surface area (Å²) in [6.07, 6.45) is -4.41. The minimum atomic E-state index is -4.41. The van der Waals surface area contributed by atoms with Crippen molar-refractivity contribution in [2.45, 2.75) is 32.9 Å². The summed E-state index contributed by atoms with van der Waals surface area (Å²) in [5.74, 6) is 7.27. The number of rotatable bonds is 3. The summed E-state index contributed by atoms with van der Waals surface area (Å²) in [4.78, 5) is 25.3. The molecule has 1 fully saturated rings. The Kier molecular flexibility index (Phi) is 7.23. The topological polar surface area (TPSA) is 61.4 Å². The molecule has 1 aromatic heterocycles. The van der Waals surface area contributed by atoms with Gasteiger partial charge in [0.1, 0.15) is 11.6 Å². The number of benzene rings is 1. The fourth-order valence-corrected chi connectivity index (χ4v) is 3.28. The smallest absolute Gasteiger partial charge is 0.353 e. The summed E-state index contributed by atoms with van der Waals surface area (Å²) < 4.78 is 38.3. The Balaban J connectivity index is 1.50. The van der Waals surface area contributed by atoms with E-state index < -0.39 is 11.7 Å². The van der Waals surface area contributed by atoms with E-state index in [2.05, 4.69) is 45.9 Å². The monoisotopic (exact) mass is 445 g/mol. The van der Waals surface area contributed by atoms with Crippen LogP contribution in [0.15, 0.2) is 30.3 Å². The van der Waals surface area contributed by atoms with Gasteiger partial charge in [0.15, 0.2) is 0 Å². The number of aromatic nitrogens is 2. The lowest BCUT2D eigenvalue weighted by Gasteiger charge is -2.35. The molecule has 0 bridgehead atoms. The number of piperazine rings is 1. The second kappa shape index (κ2) is 9.90. The van der Waals surface area contributed by atoms with Gasteiger partial charge >= 0.3 is 12.2 Å². The zero-order valence-electron chi connectivity index (χ0n) is 18.3. The van der Waals surface area contributed by atoms with Crippen LogP contribution in [0.1, 0.15) is 42.4 Å². The number of amides is 2. The number of nitrogens with zero attached hydrogens (tertiary/aromatic N) is 4. The SMILES string of the molecule is Cc1cc(N2CCN(C(=O)NCC#Cc3cccc(C(F)(F)F)c3)CC2)nc(C(C)C)n1. The number of anilines is 1. The van der Waals surface area contributed by atoms with Crippen LogP contribution in [0, 0.1) is 18.8 Å². The molecule has 6 nitrogen and oxygen atoms in total. The van der Waals surface area contributed by atoms with E-state index in [4.69, 9.17) is 0 Å². The largest absolute Gasteiger partial charge is 0.416 e. The first kappa shape index (κ1) is 23.4. The predicted molar refractivity (Wildman–Crippen MR) is 116 cm³/mol. The van der Waals surface area contributed by atoms with Crippen LogP contribution < -0.4 is 10.2 Å². The van der Waals surface area contributed by atoms with Crippen molar-refractivity contribution in [1.82, 2.24) is 20.2 Å². The quantitative estimate of drug-likeness (QED) is 0.730. The molecule has 0 spiro atoms. The van der Waals surface area contributed by atoms with E-state index in [1.165, 1.54) is 12.1 Å². The summed E-state index contributed by atoms with van der Waals surface area (Å²) in [5.41, 5.74) is 0.424. The summed E-state index contributed by atoms with van der Waals surface area (Å²) in [6, 6.07) is 6.51. The molecule has 170 valence electrons. The summed E-state index contributed by atoms with van der Waals surface area (Å²) in [5, 5.41) is 2.70. The second-order valence-electron chi connectivity index (χ2n) is 7.89. The fourth-order valence-electron chi connectivity index (χ4n) is 3.28. The Bertz CT molecular complexity index is 1020. The molecular formula is C23H26F3N5O. The van der Waals surface area contributed by atoms with Crippen LogP contribution in [0.4, 0.5) is 23.8 Å². The Morgan fingerprint density at radius 3 is 2.53 bits per heavy atom. The maximum absolute atomic E-state index is 12.8. The minimum absolute atomic E-state index is 0.0537. The lowest BCUT2D eigenvalue weighted by atomic mass is 10.1. The number of hydrogen-bond acceptors (Lipinski definition) is 4. The first-order chi connectivity index (χ1) is 15.1. The van der Waals surface area contributed by atoms with Crippen LogP contribution in [0.5, 0.6) is 0 Å². The zero-order chi connectivity index (χ0) is 23.3. The van der Waals surface area contributed by atoms with Gasteiger partial charge in [-0.25, -0.2) is 14.8 Å². The Morgan fingerprint density at radius 2 is 1.88 bits per heavy atom. The highest BCUT2D eigenvalue weighted by atomic mass is 19.4. The van der Waals surface area contributed by atoms with E-state index in [0.29, 0.717) is 26.2 Å². The molecule has 0 unspecified atom stereocenters. The van der Waals surface area contributed by atoms with Crippen molar-refractivity contribution in [3.63, 3.8) is 0 Å². The Labute approximate surface area is 185 Å². The summed E-state index contributed by atoms with van der Waals surface area (Å²) in [7, 11) is 0. The van der Waals surface area contributed by atoms with Crippen LogP contribution in [-0.2, 0) is 6.18 Å². The third-order valence-electron chi connectivity index (χ3n) is 5.02. The number of nitrogens with one attached hydrogen (secondary N) is 1. The van der Waals surface area contributed by atoms with Crippen molar-refractivity contribution in [3.05, 3.63) is 53.0 Å². The zero-order valence-corrected chi connectivity index (χ0v) is 18.3. The van der Waals surface area contributed by atoms with Gasteiger partial charge in [0, 0.05) is 49.4 Å². The number of alkyl halides is 3. The number of hydrogen-bond donors (Lipinski definition) is 1. The van der Waals surface area contributed by atoms with Gasteiger partial charge in [-0.3, -0.25) is 0 Å². The second-order valence-corrected chi connectivity index (χ2v) is 7.89. The van der Waals surface area contributed by atoms with Crippen LogP contribution in [0.25, 0.3) is 0 Å². The van der Waals surface area contributed by atoms with Gasteiger partial charge < -0.3 is 15.1 Å². The molecule has 1 saturated heterocycles. The van der Waals surface area contributed by atoms with Crippen molar-refractivity contribution >= 4 is 11.8 Å². The van der Waals surface area contributed by atoms with Crippen molar-refractivity contribution < 1.29 is 18.0 Å². The maximum Gasteiger partial charge on any atom is 0.416 e. The molecule has 2 heterocycles. The number of carbonyl (C=O) groups excluding carboxylic acids is 1. The first-order valence-corrected chi connectivity index (χ1v) is 10.4. The number of aryl methyl sites for hydroxylation is 1. The highest BCUT2D eigenvalue weighted by Crippen LogP contribution is 2.29. The van der Waals surface area contributed by atoms with E-state index >= 15 is 0 Å². The first-order valence-electron chi connectivity index (χ1n) is 10.4. The van der Waals surface area contributed by atoms with Gasteiger partial charge in [-0.15, -0.1) is 0 Å². The molecule has 0 radical (unpaired) electrons. The molecule has 1 N–H and O–H groups in total. The van der Waals surface area contributed by atoms with Gasteiger partial charge in [-0.2, -0.15) is 13.2 Å². The average Bonchev–Trinajstić information content (AvgIpc) is 2.76.